The summed E-state index contributed by atoms with van der Waals surface area (Å²) in [6.07, 6.45) is 0. The van der Waals surface area contributed by atoms with Crippen LogP contribution in [0.25, 0.3) is 0 Å². The van der Waals surface area contributed by atoms with E-state index in [-0.39, 0.29) is 18.0 Å². The van der Waals surface area contributed by atoms with E-state index >= 15 is 0 Å². The predicted molar refractivity (Wildman–Crippen MR) is 68.6 cm³/mol. The molecule has 0 atom stereocenters. The Hall–Kier alpha value is -2.50. The Labute approximate surface area is 113 Å². The standard InChI is InChI=1S/C14H11F3N2O/c15-10-3-1-9(2-4-10)8-18-14(20)19-13-6-5-11(16)7-12(13)17/h1-7H,8H2,(H2,18,19,20). The summed E-state index contributed by atoms with van der Waals surface area (Å²) in [6.45, 7) is 0.162. The van der Waals surface area contributed by atoms with Crippen LogP contribution in [0.5, 0.6) is 0 Å². The summed E-state index contributed by atoms with van der Waals surface area (Å²) in [5.74, 6) is -1.95. The van der Waals surface area contributed by atoms with Crippen LogP contribution in [0.1, 0.15) is 5.56 Å². The van der Waals surface area contributed by atoms with Gasteiger partial charge in [0.05, 0.1) is 5.69 Å². The second-order valence-electron chi connectivity index (χ2n) is 4.06. The van der Waals surface area contributed by atoms with Gasteiger partial charge in [-0.3, -0.25) is 0 Å². The lowest BCUT2D eigenvalue weighted by Gasteiger charge is -2.08. The van der Waals surface area contributed by atoms with Crippen molar-refractivity contribution in [3.8, 4) is 0 Å². The van der Waals surface area contributed by atoms with Crippen LogP contribution < -0.4 is 10.6 Å². The summed E-state index contributed by atoms with van der Waals surface area (Å²) in [5.41, 5.74) is 0.573. The zero-order valence-corrected chi connectivity index (χ0v) is 10.3. The molecule has 0 aliphatic carbocycles. The number of carbonyl (C=O) groups excluding carboxylic acids is 1. The van der Waals surface area contributed by atoms with Crippen molar-refractivity contribution in [2.45, 2.75) is 6.54 Å². The van der Waals surface area contributed by atoms with Gasteiger partial charge in [0.25, 0.3) is 0 Å². The van der Waals surface area contributed by atoms with Crippen molar-refractivity contribution < 1.29 is 18.0 Å². The molecule has 0 saturated carbocycles. The van der Waals surface area contributed by atoms with Crippen molar-refractivity contribution in [2.75, 3.05) is 5.32 Å². The highest BCUT2D eigenvalue weighted by Crippen LogP contribution is 2.14. The molecule has 2 N–H and O–H groups in total. The quantitative estimate of drug-likeness (QED) is 0.888. The van der Waals surface area contributed by atoms with Gasteiger partial charge in [-0.25, -0.2) is 18.0 Å². The fourth-order valence-electron chi connectivity index (χ4n) is 1.54. The number of nitrogens with one attached hydrogen (secondary N) is 2. The van der Waals surface area contributed by atoms with Gasteiger partial charge in [0.1, 0.15) is 17.5 Å². The molecule has 0 bridgehead atoms. The Morgan fingerprint density at radius 2 is 1.60 bits per heavy atom. The van der Waals surface area contributed by atoms with Crippen molar-refractivity contribution in [1.29, 1.82) is 0 Å². The van der Waals surface area contributed by atoms with Gasteiger partial charge in [-0.15, -0.1) is 0 Å². The summed E-state index contributed by atoms with van der Waals surface area (Å²) in [4.78, 5) is 11.5. The summed E-state index contributed by atoms with van der Waals surface area (Å²) in [5, 5.41) is 4.73. The van der Waals surface area contributed by atoms with Gasteiger partial charge in [-0.1, -0.05) is 12.1 Å². The van der Waals surface area contributed by atoms with Crippen LogP contribution in [-0.2, 0) is 6.54 Å². The fraction of sp³-hybridized carbons (Fsp3) is 0.0714. The first-order chi connectivity index (χ1) is 9.54. The number of rotatable bonds is 3. The van der Waals surface area contributed by atoms with E-state index in [0.717, 1.165) is 12.1 Å². The van der Waals surface area contributed by atoms with E-state index in [1.165, 1.54) is 24.3 Å². The maximum absolute atomic E-state index is 13.3. The molecule has 3 nitrogen and oxygen atoms in total. The molecule has 0 spiro atoms. The van der Waals surface area contributed by atoms with Crippen molar-refractivity contribution in [1.82, 2.24) is 5.32 Å². The van der Waals surface area contributed by atoms with Gasteiger partial charge in [0, 0.05) is 12.6 Å². The Morgan fingerprint density at radius 1 is 0.950 bits per heavy atom. The second kappa shape index (κ2) is 6.10. The molecular formula is C14H11F3N2O. The summed E-state index contributed by atoms with van der Waals surface area (Å²) in [7, 11) is 0. The first-order valence-electron chi connectivity index (χ1n) is 5.79. The molecule has 2 rings (SSSR count). The Bertz CT molecular complexity index is 614. The van der Waals surface area contributed by atoms with E-state index in [0.29, 0.717) is 11.6 Å². The smallest absolute Gasteiger partial charge is 0.319 e. The lowest BCUT2D eigenvalue weighted by atomic mass is 10.2. The normalized spacial score (nSPS) is 10.2. The van der Waals surface area contributed by atoms with Gasteiger partial charge in [0.2, 0.25) is 0 Å². The van der Waals surface area contributed by atoms with Gasteiger partial charge in [-0.05, 0) is 29.8 Å². The molecule has 2 aromatic rings. The van der Waals surface area contributed by atoms with Crippen LogP contribution >= 0.6 is 0 Å². The largest absolute Gasteiger partial charge is 0.334 e. The number of benzene rings is 2. The Balaban J connectivity index is 1.90. The van der Waals surface area contributed by atoms with Crippen LogP contribution in [0.4, 0.5) is 23.7 Å². The summed E-state index contributed by atoms with van der Waals surface area (Å²) in [6, 6.07) is 7.79. The fourth-order valence-corrected chi connectivity index (χ4v) is 1.54. The molecule has 0 aliphatic heterocycles. The Kier molecular flexibility index (Phi) is 4.24. The number of amides is 2. The average molecular weight is 280 g/mol. The van der Waals surface area contributed by atoms with Gasteiger partial charge < -0.3 is 10.6 Å². The third-order valence-corrected chi connectivity index (χ3v) is 2.55. The Morgan fingerprint density at radius 3 is 2.25 bits per heavy atom. The van der Waals surface area contributed by atoms with Crippen molar-refractivity contribution in [2.24, 2.45) is 0 Å². The monoisotopic (exact) mass is 280 g/mol. The maximum atomic E-state index is 13.3. The first-order valence-corrected chi connectivity index (χ1v) is 5.79. The number of hydrogen-bond donors (Lipinski definition) is 2. The number of carbonyl (C=O) groups is 1. The zero-order chi connectivity index (χ0) is 14.5. The molecule has 2 amide bonds. The minimum Gasteiger partial charge on any atom is -0.334 e. The van der Waals surface area contributed by atoms with Gasteiger partial charge >= 0.3 is 6.03 Å². The van der Waals surface area contributed by atoms with E-state index in [1.807, 2.05) is 0 Å². The predicted octanol–water partition coefficient (Wildman–Crippen LogP) is 3.43. The van der Waals surface area contributed by atoms with E-state index < -0.39 is 17.7 Å². The molecular weight excluding hydrogens is 269 g/mol. The minimum atomic E-state index is -0.859. The lowest BCUT2D eigenvalue weighted by Crippen LogP contribution is -2.28. The average Bonchev–Trinajstić information content (AvgIpc) is 2.41. The third kappa shape index (κ3) is 3.74. The van der Waals surface area contributed by atoms with E-state index in [1.54, 1.807) is 0 Å². The highest BCUT2D eigenvalue weighted by molar-refractivity contribution is 5.89. The topological polar surface area (TPSA) is 41.1 Å². The van der Waals surface area contributed by atoms with E-state index in [4.69, 9.17) is 0 Å². The SMILES string of the molecule is O=C(NCc1ccc(F)cc1)Nc1ccc(F)cc1F. The minimum absolute atomic E-state index is 0.122. The summed E-state index contributed by atoms with van der Waals surface area (Å²) >= 11 is 0. The molecule has 0 unspecified atom stereocenters. The molecule has 2 aromatic carbocycles. The van der Waals surface area contributed by atoms with Gasteiger partial charge in [0.15, 0.2) is 0 Å². The van der Waals surface area contributed by atoms with Crippen molar-refractivity contribution in [3.05, 3.63) is 65.5 Å². The first kappa shape index (κ1) is 13.9. The molecule has 0 radical (unpaired) electrons. The number of hydrogen-bond acceptors (Lipinski definition) is 1. The molecule has 6 heteroatoms. The lowest BCUT2D eigenvalue weighted by molar-refractivity contribution is 0.251. The molecule has 0 saturated heterocycles. The number of halogens is 3. The van der Waals surface area contributed by atoms with Crippen LogP contribution in [-0.4, -0.2) is 6.03 Å². The highest BCUT2D eigenvalue weighted by Gasteiger charge is 2.07. The molecule has 20 heavy (non-hydrogen) atoms. The third-order valence-electron chi connectivity index (χ3n) is 2.55. The molecule has 0 aliphatic rings. The number of anilines is 1. The maximum Gasteiger partial charge on any atom is 0.319 e. The highest BCUT2D eigenvalue weighted by atomic mass is 19.1. The van der Waals surface area contributed by atoms with E-state index in [2.05, 4.69) is 10.6 Å². The molecule has 0 aromatic heterocycles. The van der Waals surface area contributed by atoms with Crippen LogP contribution in [0, 0.1) is 17.5 Å². The second-order valence-corrected chi connectivity index (χ2v) is 4.06. The number of urea groups is 1. The molecule has 104 valence electrons. The summed E-state index contributed by atoms with van der Waals surface area (Å²) < 4.78 is 38.7. The van der Waals surface area contributed by atoms with Gasteiger partial charge in [-0.2, -0.15) is 0 Å². The van der Waals surface area contributed by atoms with Crippen LogP contribution in [0.2, 0.25) is 0 Å². The molecule has 0 fully saturated rings. The van der Waals surface area contributed by atoms with Crippen molar-refractivity contribution >= 4 is 11.7 Å². The zero-order valence-electron chi connectivity index (χ0n) is 10.3. The van der Waals surface area contributed by atoms with Crippen LogP contribution in [0.3, 0.4) is 0 Å². The van der Waals surface area contributed by atoms with E-state index in [9.17, 15) is 18.0 Å². The van der Waals surface area contributed by atoms with Crippen LogP contribution in [0.15, 0.2) is 42.5 Å². The molecule has 0 heterocycles. The van der Waals surface area contributed by atoms with Crippen molar-refractivity contribution in [3.63, 3.8) is 0 Å².